The van der Waals surface area contributed by atoms with Gasteiger partial charge in [0.15, 0.2) is 11.6 Å². The number of halogens is 2. The highest BCUT2D eigenvalue weighted by atomic mass is 19.2. The summed E-state index contributed by atoms with van der Waals surface area (Å²) in [6.45, 7) is 2.26. The third-order valence-corrected chi connectivity index (χ3v) is 4.49. The average molecular weight is 266 g/mol. The maximum atomic E-state index is 13.1. The first-order valence-corrected chi connectivity index (χ1v) is 7.63. The van der Waals surface area contributed by atoms with E-state index in [0.717, 1.165) is 30.2 Å². The van der Waals surface area contributed by atoms with Crippen LogP contribution < -0.4 is 0 Å². The van der Waals surface area contributed by atoms with E-state index in [4.69, 9.17) is 0 Å². The molecule has 1 saturated carbocycles. The molecule has 1 fully saturated rings. The van der Waals surface area contributed by atoms with Crippen molar-refractivity contribution in [2.24, 2.45) is 11.8 Å². The third-order valence-electron chi connectivity index (χ3n) is 4.49. The quantitative estimate of drug-likeness (QED) is 0.659. The van der Waals surface area contributed by atoms with Crippen molar-refractivity contribution in [3.05, 3.63) is 35.4 Å². The van der Waals surface area contributed by atoms with Crippen LogP contribution in [-0.4, -0.2) is 0 Å². The number of aryl methyl sites for hydroxylation is 1. The van der Waals surface area contributed by atoms with Crippen LogP contribution in [-0.2, 0) is 6.42 Å². The van der Waals surface area contributed by atoms with Gasteiger partial charge in [-0.1, -0.05) is 51.5 Å². The molecule has 0 unspecified atom stereocenters. The topological polar surface area (TPSA) is 0 Å². The number of hydrogen-bond acceptors (Lipinski definition) is 0. The van der Waals surface area contributed by atoms with E-state index in [0.29, 0.717) is 0 Å². The molecule has 0 saturated heterocycles. The maximum Gasteiger partial charge on any atom is 0.159 e. The highest BCUT2D eigenvalue weighted by molar-refractivity contribution is 5.17. The Hall–Kier alpha value is -0.920. The highest BCUT2D eigenvalue weighted by Crippen LogP contribution is 2.33. The van der Waals surface area contributed by atoms with Gasteiger partial charge in [0.1, 0.15) is 0 Å². The van der Waals surface area contributed by atoms with Gasteiger partial charge in [0.2, 0.25) is 0 Å². The Balaban J connectivity index is 1.75. The van der Waals surface area contributed by atoms with E-state index in [1.54, 1.807) is 6.07 Å². The lowest BCUT2D eigenvalue weighted by atomic mass is 9.78. The molecule has 0 nitrogen and oxygen atoms in total. The van der Waals surface area contributed by atoms with E-state index in [2.05, 4.69) is 6.92 Å². The Kier molecular flexibility index (Phi) is 5.35. The van der Waals surface area contributed by atoms with E-state index in [9.17, 15) is 8.78 Å². The largest absolute Gasteiger partial charge is 0.204 e. The first-order chi connectivity index (χ1) is 9.19. The van der Waals surface area contributed by atoms with Gasteiger partial charge in [-0.2, -0.15) is 0 Å². The van der Waals surface area contributed by atoms with Gasteiger partial charge in [0, 0.05) is 0 Å². The first kappa shape index (κ1) is 14.5. The Bertz CT molecular complexity index is 392. The van der Waals surface area contributed by atoms with E-state index < -0.39 is 11.6 Å². The molecule has 2 heteroatoms. The van der Waals surface area contributed by atoms with Gasteiger partial charge >= 0.3 is 0 Å². The van der Waals surface area contributed by atoms with Crippen molar-refractivity contribution in [2.45, 2.75) is 58.3 Å². The van der Waals surface area contributed by atoms with E-state index in [-0.39, 0.29) is 0 Å². The molecular formula is C17H24F2. The zero-order chi connectivity index (χ0) is 13.7. The molecule has 0 radical (unpaired) electrons. The maximum absolute atomic E-state index is 13.1. The molecule has 1 aliphatic rings. The number of benzene rings is 1. The van der Waals surface area contributed by atoms with Crippen LogP contribution in [0.2, 0.25) is 0 Å². The second-order valence-electron chi connectivity index (χ2n) is 5.96. The lowest BCUT2D eigenvalue weighted by molar-refractivity contribution is 0.252. The molecule has 2 rings (SSSR count). The average Bonchev–Trinajstić information content (AvgIpc) is 2.42. The summed E-state index contributed by atoms with van der Waals surface area (Å²) < 4.78 is 25.9. The summed E-state index contributed by atoms with van der Waals surface area (Å²) in [5.74, 6) is 0.249. The molecule has 0 aromatic heterocycles. The summed E-state index contributed by atoms with van der Waals surface area (Å²) in [6, 6.07) is 4.29. The molecule has 0 heterocycles. The summed E-state index contributed by atoms with van der Waals surface area (Å²) in [6.07, 6.45) is 10.00. The van der Waals surface area contributed by atoms with Gasteiger partial charge in [-0.15, -0.1) is 0 Å². The van der Waals surface area contributed by atoms with Crippen molar-refractivity contribution in [1.29, 1.82) is 0 Å². The molecule has 0 N–H and O–H groups in total. The standard InChI is InChI=1S/C17H24F2/c1-2-3-13-4-6-14(7-5-13)8-9-15-10-11-16(18)17(19)12-15/h10-14H,2-9H2,1H3/t13-,14-. The molecule has 0 aliphatic heterocycles. The first-order valence-electron chi connectivity index (χ1n) is 7.63. The van der Waals surface area contributed by atoms with Gasteiger partial charge in [-0.25, -0.2) is 8.78 Å². The number of hydrogen-bond donors (Lipinski definition) is 0. The Morgan fingerprint density at radius 1 is 0.947 bits per heavy atom. The molecular weight excluding hydrogens is 242 g/mol. The smallest absolute Gasteiger partial charge is 0.159 e. The Labute approximate surface area is 115 Å². The zero-order valence-corrected chi connectivity index (χ0v) is 11.8. The van der Waals surface area contributed by atoms with Crippen molar-refractivity contribution in [2.75, 3.05) is 0 Å². The number of rotatable bonds is 5. The normalized spacial score (nSPS) is 23.5. The van der Waals surface area contributed by atoms with Crippen LogP contribution in [0.4, 0.5) is 8.78 Å². The van der Waals surface area contributed by atoms with Crippen molar-refractivity contribution in [1.82, 2.24) is 0 Å². The second-order valence-corrected chi connectivity index (χ2v) is 5.96. The fraction of sp³-hybridized carbons (Fsp3) is 0.647. The second kappa shape index (κ2) is 7.02. The van der Waals surface area contributed by atoms with Gasteiger partial charge in [0.25, 0.3) is 0 Å². The van der Waals surface area contributed by atoms with E-state index in [1.807, 2.05) is 0 Å². The molecule has 0 amide bonds. The minimum atomic E-state index is -0.746. The SMILES string of the molecule is CCC[C@H]1CC[C@H](CCc2ccc(F)c(F)c2)CC1. The van der Waals surface area contributed by atoms with Gasteiger partial charge in [0.05, 0.1) is 0 Å². The summed E-state index contributed by atoms with van der Waals surface area (Å²) in [5, 5.41) is 0. The molecule has 1 aromatic rings. The molecule has 19 heavy (non-hydrogen) atoms. The van der Waals surface area contributed by atoms with Crippen molar-refractivity contribution >= 4 is 0 Å². The zero-order valence-electron chi connectivity index (χ0n) is 11.8. The lowest BCUT2D eigenvalue weighted by Crippen LogP contribution is -2.15. The van der Waals surface area contributed by atoms with Crippen LogP contribution in [0, 0.1) is 23.5 Å². The summed E-state index contributed by atoms with van der Waals surface area (Å²) >= 11 is 0. The highest BCUT2D eigenvalue weighted by Gasteiger charge is 2.20. The fourth-order valence-electron chi connectivity index (χ4n) is 3.28. The molecule has 106 valence electrons. The van der Waals surface area contributed by atoms with Gasteiger partial charge < -0.3 is 0 Å². The van der Waals surface area contributed by atoms with Crippen molar-refractivity contribution in [3.8, 4) is 0 Å². The minimum Gasteiger partial charge on any atom is -0.204 e. The lowest BCUT2D eigenvalue weighted by Gasteiger charge is -2.28. The summed E-state index contributed by atoms with van der Waals surface area (Å²) in [7, 11) is 0. The predicted molar refractivity (Wildman–Crippen MR) is 75.0 cm³/mol. The van der Waals surface area contributed by atoms with Crippen LogP contribution in [0.15, 0.2) is 18.2 Å². The van der Waals surface area contributed by atoms with Crippen LogP contribution in [0.25, 0.3) is 0 Å². The van der Waals surface area contributed by atoms with Gasteiger partial charge in [-0.05, 0) is 42.4 Å². The van der Waals surface area contributed by atoms with Crippen LogP contribution in [0.3, 0.4) is 0 Å². The fourth-order valence-corrected chi connectivity index (χ4v) is 3.28. The Morgan fingerprint density at radius 2 is 1.58 bits per heavy atom. The van der Waals surface area contributed by atoms with E-state index >= 15 is 0 Å². The van der Waals surface area contributed by atoms with Crippen LogP contribution in [0.5, 0.6) is 0 Å². The third kappa shape index (κ3) is 4.29. The predicted octanol–water partition coefficient (Wildman–Crippen LogP) is 5.50. The Morgan fingerprint density at radius 3 is 2.16 bits per heavy atom. The van der Waals surface area contributed by atoms with Gasteiger partial charge in [-0.3, -0.25) is 0 Å². The summed E-state index contributed by atoms with van der Waals surface area (Å²) in [5.41, 5.74) is 0.926. The monoisotopic (exact) mass is 266 g/mol. The van der Waals surface area contributed by atoms with Crippen LogP contribution >= 0.6 is 0 Å². The summed E-state index contributed by atoms with van der Waals surface area (Å²) in [4.78, 5) is 0. The molecule has 0 atom stereocenters. The van der Waals surface area contributed by atoms with E-state index in [1.165, 1.54) is 50.7 Å². The molecule has 1 aliphatic carbocycles. The molecule has 0 spiro atoms. The van der Waals surface area contributed by atoms with Crippen molar-refractivity contribution in [3.63, 3.8) is 0 Å². The van der Waals surface area contributed by atoms with Crippen molar-refractivity contribution < 1.29 is 8.78 Å². The molecule has 0 bridgehead atoms. The molecule has 1 aromatic carbocycles. The minimum absolute atomic E-state index is 0.718. The van der Waals surface area contributed by atoms with Crippen LogP contribution in [0.1, 0.15) is 57.4 Å².